The van der Waals surface area contributed by atoms with E-state index in [2.05, 4.69) is 25.5 Å². The number of hydrogen-bond acceptors (Lipinski definition) is 7. The molecule has 0 radical (unpaired) electrons. The molecule has 8 heteroatoms. The number of aromatic amines is 1. The van der Waals surface area contributed by atoms with Crippen molar-refractivity contribution >= 4 is 22.4 Å². The Morgan fingerprint density at radius 1 is 1.26 bits per heavy atom. The monoisotopic (exact) mass is 328 g/mol. The van der Waals surface area contributed by atoms with Crippen LogP contribution in [0.1, 0.15) is 42.3 Å². The van der Waals surface area contributed by atoms with Crippen LogP contribution in [-0.4, -0.2) is 25.1 Å². The van der Waals surface area contributed by atoms with Crippen LogP contribution in [0.2, 0.25) is 0 Å². The number of anilines is 2. The van der Waals surface area contributed by atoms with Crippen LogP contribution in [0.15, 0.2) is 18.5 Å². The van der Waals surface area contributed by atoms with Crippen LogP contribution in [0.3, 0.4) is 0 Å². The van der Waals surface area contributed by atoms with Crippen LogP contribution in [0, 0.1) is 6.92 Å². The van der Waals surface area contributed by atoms with Crippen molar-refractivity contribution in [2.24, 2.45) is 0 Å². The van der Waals surface area contributed by atoms with Gasteiger partial charge in [-0.05, 0) is 26.8 Å². The first-order valence-corrected chi connectivity index (χ1v) is 8.20. The van der Waals surface area contributed by atoms with E-state index in [0.29, 0.717) is 5.95 Å². The molecule has 0 aliphatic carbocycles. The number of fused-ring (bicyclic) bond motifs is 3. The summed E-state index contributed by atoms with van der Waals surface area (Å²) < 4.78 is 6.05. The summed E-state index contributed by atoms with van der Waals surface area (Å²) >= 11 is 1.56. The maximum absolute atomic E-state index is 6.05. The lowest BCUT2D eigenvalue weighted by atomic mass is 10.1. The molecule has 3 aromatic heterocycles. The molecule has 4 rings (SSSR count). The molecule has 4 heterocycles. The smallest absolute Gasteiger partial charge is 0.229 e. The van der Waals surface area contributed by atoms with Crippen molar-refractivity contribution in [1.82, 2.24) is 25.1 Å². The highest BCUT2D eigenvalue weighted by Gasteiger charge is 2.29. The summed E-state index contributed by atoms with van der Waals surface area (Å²) in [5.41, 5.74) is 3.76. The molecule has 23 heavy (non-hydrogen) atoms. The molecule has 0 saturated heterocycles. The van der Waals surface area contributed by atoms with Crippen molar-refractivity contribution in [3.05, 3.63) is 34.7 Å². The van der Waals surface area contributed by atoms with Crippen molar-refractivity contribution in [1.29, 1.82) is 0 Å². The van der Waals surface area contributed by atoms with Gasteiger partial charge in [-0.1, -0.05) is 11.3 Å². The third-order valence-corrected chi connectivity index (χ3v) is 4.91. The zero-order valence-electron chi connectivity index (χ0n) is 13.0. The standard InChI is InChI=1S/C15H16N6OS/c1-7-4-5-16-14(18-7)20-15-19-12-10-6-17-21-11(10)8(2)22-9(3)13(12)23-15/h4-6,8-9H,1-3H3,(H,17,21)(H,16,18,19,20). The number of aromatic nitrogens is 5. The van der Waals surface area contributed by atoms with E-state index in [-0.39, 0.29) is 12.2 Å². The van der Waals surface area contributed by atoms with Crippen LogP contribution in [-0.2, 0) is 4.74 Å². The Morgan fingerprint density at radius 2 is 2.13 bits per heavy atom. The number of thiazole rings is 1. The van der Waals surface area contributed by atoms with Crippen molar-refractivity contribution in [3.8, 4) is 11.3 Å². The van der Waals surface area contributed by atoms with Crippen LogP contribution in [0.4, 0.5) is 11.1 Å². The molecule has 0 spiro atoms. The van der Waals surface area contributed by atoms with E-state index in [0.717, 1.165) is 32.7 Å². The van der Waals surface area contributed by atoms with Gasteiger partial charge in [0, 0.05) is 17.5 Å². The first kappa shape index (κ1) is 14.3. The summed E-state index contributed by atoms with van der Waals surface area (Å²) in [6.45, 7) is 5.99. The molecule has 2 atom stereocenters. The number of nitrogens with one attached hydrogen (secondary N) is 2. The molecule has 1 aliphatic heterocycles. The van der Waals surface area contributed by atoms with Gasteiger partial charge in [0.1, 0.15) is 0 Å². The minimum absolute atomic E-state index is 0.0349. The van der Waals surface area contributed by atoms with Gasteiger partial charge in [0.05, 0.1) is 34.7 Å². The predicted molar refractivity (Wildman–Crippen MR) is 87.7 cm³/mol. The van der Waals surface area contributed by atoms with E-state index >= 15 is 0 Å². The fourth-order valence-corrected chi connectivity index (χ4v) is 3.65. The van der Waals surface area contributed by atoms with Crippen molar-refractivity contribution in [2.45, 2.75) is 33.0 Å². The lowest BCUT2D eigenvalue weighted by molar-refractivity contribution is 0.00778. The molecule has 0 bridgehead atoms. The first-order valence-electron chi connectivity index (χ1n) is 7.38. The molecule has 0 aromatic carbocycles. The number of rotatable bonds is 2. The SMILES string of the molecule is Cc1ccnc(Nc2nc3c(s2)C(C)OC(C)c2[nH]ncc2-3)n1. The van der Waals surface area contributed by atoms with Gasteiger partial charge in [0.15, 0.2) is 5.13 Å². The Kier molecular flexibility index (Phi) is 3.35. The number of H-pyrrole nitrogens is 1. The predicted octanol–water partition coefficient (Wildman–Crippen LogP) is 3.53. The summed E-state index contributed by atoms with van der Waals surface area (Å²) in [4.78, 5) is 14.4. The van der Waals surface area contributed by atoms with E-state index in [1.54, 1.807) is 23.7 Å². The maximum atomic E-state index is 6.05. The van der Waals surface area contributed by atoms with Gasteiger partial charge in [-0.2, -0.15) is 5.10 Å². The average molecular weight is 328 g/mol. The summed E-state index contributed by atoms with van der Waals surface area (Å²) in [7, 11) is 0. The molecular formula is C15H16N6OS. The first-order chi connectivity index (χ1) is 11.1. The van der Waals surface area contributed by atoms with E-state index in [1.165, 1.54) is 0 Å². The number of nitrogens with zero attached hydrogens (tertiary/aromatic N) is 4. The fraction of sp³-hybridized carbons (Fsp3) is 0.333. The van der Waals surface area contributed by atoms with Crippen LogP contribution < -0.4 is 5.32 Å². The van der Waals surface area contributed by atoms with E-state index in [9.17, 15) is 0 Å². The summed E-state index contributed by atoms with van der Waals surface area (Å²) in [6.07, 6.45) is 3.46. The van der Waals surface area contributed by atoms with Crippen molar-refractivity contribution < 1.29 is 4.74 Å². The van der Waals surface area contributed by atoms with Gasteiger partial charge in [-0.25, -0.2) is 15.0 Å². The summed E-state index contributed by atoms with van der Waals surface area (Å²) in [5.74, 6) is 0.545. The Morgan fingerprint density at radius 3 is 2.96 bits per heavy atom. The number of ether oxygens (including phenoxy) is 1. The second-order valence-electron chi connectivity index (χ2n) is 5.50. The molecule has 7 nitrogen and oxygen atoms in total. The lowest BCUT2D eigenvalue weighted by Crippen LogP contribution is -2.02. The minimum Gasteiger partial charge on any atom is -0.364 e. The van der Waals surface area contributed by atoms with E-state index in [4.69, 9.17) is 9.72 Å². The summed E-state index contributed by atoms with van der Waals surface area (Å²) in [6, 6.07) is 1.86. The molecule has 1 aliphatic rings. The molecule has 118 valence electrons. The average Bonchev–Trinajstić information content (AvgIpc) is 3.11. The minimum atomic E-state index is -0.0413. The third kappa shape index (κ3) is 2.49. The number of hydrogen-bond donors (Lipinski definition) is 2. The molecule has 2 unspecified atom stereocenters. The molecule has 0 fully saturated rings. The maximum Gasteiger partial charge on any atom is 0.229 e. The molecule has 2 N–H and O–H groups in total. The highest BCUT2D eigenvalue weighted by Crippen LogP contribution is 2.44. The third-order valence-electron chi connectivity index (χ3n) is 3.77. The molecule has 0 amide bonds. The van der Waals surface area contributed by atoms with Crippen LogP contribution in [0.25, 0.3) is 11.3 Å². The largest absolute Gasteiger partial charge is 0.364 e. The fourth-order valence-electron chi connectivity index (χ4n) is 2.69. The van der Waals surface area contributed by atoms with Crippen LogP contribution in [0.5, 0.6) is 0 Å². The van der Waals surface area contributed by atoms with Gasteiger partial charge in [0.2, 0.25) is 5.95 Å². The highest BCUT2D eigenvalue weighted by atomic mass is 32.1. The molecule has 0 saturated carbocycles. The number of aryl methyl sites for hydroxylation is 1. The Labute approximate surface area is 137 Å². The zero-order valence-corrected chi connectivity index (χ0v) is 13.8. The van der Waals surface area contributed by atoms with E-state index < -0.39 is 0 Å². The van der Waals surface area contributed by atoms with Crippen LogP contribution >= 0.6 is 11.3 Å². The van der Waals surface area contributed by atoms with Crippen molar-refractivity contribution in [2.75, 3.05) is 5.32 Å². The molecule has 3 aromatic rings. The quantitative estimate of drug-likeness (QED) is 0.748. The Balaban J connectivity index is 1.75. The summed E-state index contributed by atoms with van der Waals surface area (Å²) in [5, 5.41) is 11.1. The van der Waals surface area contributed by atoms with Gasteiger partial charge >= 0.3 is 0 Å². The van der Waals surface area contributed by atoms with Gasteiger partial charge in [-0.15, -0.1) is 0 Å². The Bertz CT molecular complexity index is 857. The normalized spacial score (nSPS) is 19.8. The highest BCUT2D eigenvalue weighted by molar-refractivity contribution is 7.16. The van der Waals surface area contributed by atoms with E-state index in [1.807, 2.05) is 26.8 Å². The van der Waals surface area contributed by atoms with Crippen molar-refractivity contribution in [3.63, 3.8) is 0 Å². The van der Waals surface area contributed by atoms with Gasteiger partial charge < -0.3 is 10.1 Å². The Hall–Kier alpha value is -2.32. The lowest BCUT2D eigenvalue weighted by Gasteiger charge is -2.14. The topological polar surface area (TPSA) is 88.6 Å². The molecular weight excluding hydrogens is 312 g/mol. The second-order valence-corrected chi connectivity index (χ2v) is 6.53. The van der Waals surface area contributed by atoms with Gasteiger partial charge in [0.25, 0.3) is 0 Å². The zero-order chi connectivity index (χ0) is 16.0. The van der Waals surface area contributed by atoms with Gasteiger partial charge in [-0.3, -0.25) is 5.10 Å². The second kappa shape index (κ2) is 5.39.